The lowest BCUT2D eigenvalue weighted by molar-refractivity contribution is -0.132. The van der Waals surface area contributed by atoms with Gasteiger partial charge in [0.1, 0.15) is 0 Å². The highest BCUT2D eigenvalue weighted by Gasteiger charge is 2.23. The number of carbonyl (C=O) groups is 1. The standard InChI is InChI=1S/C20H31N3O2/c24-20(16-19-17-25-15-9-21-19)23-12-5-11-22(13-14-23)10-4-8-18-6-2-1-3-7-18/h1-3,6-7,19,21H,4-5,8-17H2/t19-/m0/s1. The minimum absolute atomic E-state index is 0.187. The Morgan fingerprint density at radius 1 is 1.16 bits per heavy atom. The van der Waals surface area contributed by atoms with E-state index < -0.39 is 0 Å². The Labute approximate surface area is 151 Å². The molecule has 5 nitrogen and oxygen atoms in total. The van der Waals surface area contributed by atoms with Crippen molar-refractivity contribution in [3.63, 3.8) is 0 Å². The van der Waals surface area contributed by atoms with Crippen LogP contribution in [0.3, 0.4) is 0 Å². The van der Waals surface area contributed by atoms with Gasteiger partial charge < -0.3 is 19.9 Å². The van der Waals surface area contributed by atoms with Gasteiger partial charge in [-0.2, -0.15) is 0 Å². The molecule has 2 saturated heterocycles. The maximum atomic E-state index is 12.5. The van der Waals surface area contributed by atoms with Crippen molar-refractivity contribution in [3.8, 4) is 0 Å². The van der Waals surface area contributed by atoms with Crippen molar-refractivity contribution in [2.45, 2.75) is 31.7 Å². The predicted octanol–water partition coefficient (Wildman–Crippen LogP) is 1.53. The van der Waals surface area contributed by atoms with Crippen LogP contribution in [0, 0.1) is 0 Å². The van der Waals surface area contributed by atoms with E-state index in [4.69, 9.17) is 4.74 Å². The molecule has 2 aliphatic heterocycles. The number of rotatable bonds is 6. The van der Waals surface area contributed by atoms with Crippen LogP contribution >= 0.6 is 0 Å². The fourth-order valence-corrected chi connectivity index (χ4v) is 3.69. The Hall–Kier alpha value is -1.43. The molecular weight excluding hydrogens is 314 g/mol. The molecule has 0 aromatic heterocycles. The first-order valence-electron chi connectivity index (χ1n) is 9.66. The van der Waals surface area contributed by atoms with Gasteiger partial charge in [-0.3, -0.25) is 4.79 Å². The van der Waals surface area contributed by atoms with Gasteiger partial charge in [-0.1, -0.05) is 30.3 Å². The molecule has 5 heteroatoms. The van der Waals surface area contributed by atoms with Crippen LogP contribution in [0.1, 0.15) is 24.8 Å². The first kappa shape index (κ1) is 18.4. The van der Waals surface area contributed by atoms with Crippen LogP contribution in [0.4, 0.5) is 0 Å². The topological polar surface area (TPSA) is 44.8 Å². The highest BCUT2D eigenvalue weighted by Crippen LogP contribution is 2.09. The number of carbonyl (C=O) groups excluding carboxylic acids is 1. The molecule has 1 N–H and O–H groups in total. The third kappa shape index (κ3) is 6.10. The van der Waals surface area contributed by atoms with Crippen molar-refractivity contribution in [3.05, 3.63) is 35.9 Å². The molecular formula is C20H31N3O2. The van der Waals surface area contributed by atoms with Gasteiger partial charge in [0.25, 0.3) is 0 Å². The van der Waals surface area contributed by atoms with Crippen molar-refractivity contribution in [2.75, 3.05) is 52.5 Å². The van der Waals surface area contributed by atoms with Crippen LogP contribution < -0.4 is 5.32 Å². The van der Waals surface area contributed by atoms with Crippen molar-refractivity contribution in [1.82, 2.24) is 15.1 Å². The zero-order valence-electron chi connectivity index (χ0n) is 15.2. The molecule has 1 atom stereocenters. The van der Waals surface area contributed by atoms with E-state index in [9.17, 15) is 4.79 Å². The zero-order valence-corrected chi connectivity index (χ0v) is 15.2. The molecule has 138 valence electrons. The van der Waals surface area contributed by atoms with Gasteiger partial charge in [0, 0.05) is 38.6 Å². The molecule has 3 rings (SSSR count). The number of benzene rings is 1. The molecule has 0 saturated carbocycles. The Balaban J connectivity index is 1.37. The van der Waals surface area contributed by atoms with Crippen molar-refractivity contribution < 1.29 is 9.53 Å². The van der Waals surface area contributed by atoms with Gasteiger partial charge >= 0.3 is 0 Å². The summed E-state index contributed by atoms with van der Waals surface area (Å²) in [4.78, 5) is 17.1. The summed E-state index contributed by atoms with van der Waals surface area (Å²) in [6, 6.07) is 10.9. The molecule has 1 amide bonds. The lowest BCUT2D eigenvalue weighted by Gasteiger charge is -2.27. The van der Waals surface area contributed by atoms with Crippen molar-refractivity contribution >= 4 is 5.91 Å². The Kier molecular flexibility index (Phi) is 7.27. The van der Waals surface area contributed by atoms with Crippen molar-refractivity contribution in [1.29, 1.82) is 0 Å². The van der Waals surface area contributed by atoms with E-state index >= 15 is 0 Å². The molecule has 2 aliphatic rings. The molecule has 2 heterocycles. The van der Waals surface area contributed by atoms with E-state index in [1.54, 1.807) is 0 Å². The number of nitrogens with one attached hydrogen (secondary N) is 1. The maximum Gasteiger partial charge on any atom is 0.224 e. The van der Waals surface area contributed by atoms with E-state index in [1.807, 2.05) is 4.90 Å². The maximum absolute atomic E-state index is 12.5. The average Bonchev–Trinajstić information content (AvgIpc) is 2.89. The van der Waals surface area contributed by atoms with E-state index in [0.717, 1.165) is 58.7 Å². The van der Waals surface area contributed by atoms with Crippen LogP contribution in [0.15, 0.2) is 30.3 Å². The van der Waals surface area contributed by atoms with E-state index in [0.29, 0.717) is 13.0 Å². The van der Waals surface area contributed by atoms with Crippen LogP contribution in [0.25, 0.3) is 0 Å². The van der Waals surface area contributed by atoms with Crippen LogP contribution in [0.5, 0.6) is 0 Å². The van der Waals surface area contributed by atoms with E-state index in [-0.39, 0.29) is 11.9 Å². The Morgan fingerprint density at radius 3 is 2.84 bits per heavy atom. The minimum Gasteiger partial charge on any atom is -0.378 e. The second-order valence-corrected chi connectivity index (χ2v) is 7.10. The van der Waals surface area contributed by atoms with E-state index in [2.05, 4.69) is 40.5 Å². The fraction of sp³-hybridized carbons (Fsp3) is 0.650. The molecule has 0 bridgehead atoms. The van der Waals surface area contributed by atoms with Crippen molar-refractivity contribution in [2.24, 2.45) is 0 Å². The molecule has 0 unspecified atom stereocenters. The molecule has 25 heavy (non-hydrogen) atoms. The number of amides is 1. The second kappa shape index (κ2) is 9.90. The zero-order chi connectivity index (χ0) is 17.3. The summed E-state index contributed by atoms with van der Waals surface area (Å²) in [7, 11) is 0. The SMILES string of the molecule is O=C(C[C@H]1COCCN1)N1CCCN(CCCc2ccccc2)CC1. The third-order valence-electron chi connectivity index (χ3n) is 5.14. The summed E-state index contributed by atoms with van der Waals surface area (Å²) in [6.45, 7) is 7.23. The fourth-order valence-electron chi connectivity index (χ4n) is 3.69. The number of nitrogens with zero attached hydrogens (tertiary/aromatic N) is 2. The first-order chi connectivity index (χ1) is 12.3. The summed E-state index contributed by atoms with van der Waals surface area (Å²) < 4.78 is 5.45. The number of aryl methyl sites for hydroxylation is 1. The normalized spacial score (nSPS) is 22.6. The molecule has 0 aliphatic carbocycles. The van der Waals surface area contributed by atoms with Gasteiger partial charge in [0.05, 0.1) is 13.2 Å². The Morgan fingerprint density at radius 2 is 2.04 bits per heavy atom. The molecule has 0 spiro atoms. The molecule has 0 radical (unpaired) electrons. The summed E-state index contributed by atoms with van der Waals surface area (Å²) in [5.41, 5.74) is 1.41. The quantitative estimate of drug-likeness (QED) is 0.849. The molecule has 1 aromatic carbocycles. The van der Waals surface area contributed by atoms with Crippen LogP contribution in [0.2, 0.25) is 0 Å². The van der Waals surface area contributed by atoms with Gasteiger partial charge in [-0.05, 0) is 37.9 Å². The monoisotopic (exact) mass is 345 g/mol. The number of hydrogen-bond acceptors (Lipinski definition) is 4. The minimum atomic E-state index is 0.187. The van der Waals surface area contributed by atoms with Gasteiger partial charge in [0.2, 0.25) is 5.91 Å². The van der Waals surface area contributed by atoms with Gasteiger partial charge in [-0.15, -0.1) is 0 Å². The highest BCUT2D eigenvalue weighted by atomic mass is 16.5. The number of ether oxygens (including phenoxy) is 1. The highest BCUT2D eigenvalue weighted by molar-refractivity contribution is 5.76. The van der Waals surface area contributed by atoms with Gasteiger partial charge in [0.15, 0.2) is 0 Å². The number of hydrogen-bond donors (Lipinski definition) is 1. The van der Waals surface area contributed by atoms with Crippen LogP contribution in [-0.4, -0.2) is 74.2 Å². The lowest BCUT2D eigenvalue weighted by Crippen LogP contribution is -2.45. The Bertz CT molecular complexity index is 517. The first-order valence-corrected chi connectivity index (χ1v) is 9.66. The summed E-state index contributed by atoms with van der Waals surface area (Å²) >= 11 is 0. The predicted molar refractivity (Wildman–Crippen MR) is 99.6 cm³/mol. The van der Waals surface area contributed by atoms with Gasteiger partial charge in [-0.25, -0.2) is 0 Å². The van der Waals surface area contributed by atoms with E-state index in [1.165, 1.54) is 12.0 Å². The lowest BCUT2D eigenvalue weighted by atomic mass is 10.1. The third-order valence-corrected chi connectivity index (χ3v) is 5.14. The summed E-state index contributed by atoms with van der Waals surface area (Å²) in [5, 5.41) is 3.37. The smallest absolute Gasteiger partial charge is 0.224 e. The van der Waals surface area contributed by atoms with Crippen LogP contribution in [-0.2, 0) is 16.0 Å². The summed E-state index contributed by atoms with van der Waals surface area (Å²) in [5.74, 6) is 0.272. The molecule has 1 aromatic rings. The largest absolute Gasteiger partial charge is 0.378 e. The molecule has 2 fully saturated rings. The second-order valence-electron chi connectivity index (χ2n) is 7.10. The average molecular weight is 345 g/mol. The summed E-state index contributed by atoms with van der Waals surface area (Å²) in [6.07, 6.45) is 3.95. The number of morpholine rings is 1.